The van der Waals surface area contributed by atoms with Gasteiger partial charge in [0, 0.05) is 31.1 Å². The fraction of sp³-hybridized carbons (Fsp3) is 0.737. The first kappa shape index (κ1) is 18.7. The summed E-state index contributed by atoms with van der Waals surface area (Å²) in [5.74, 6) is 0.252. The zero-order valence-corrected chi connectivity index (χ0v) is 15.7. The van der Waals surface area contributed by atoms with E-state index in [0.717, 1.165) is 43.8 Å². The molecule has 0 unspecified atom stereocenters. The molecular weight excluding hydrogens is 336 g/mol. The molecule has 3 rings (SSSR count). The number of ether oxygens (including phenoxy) is 1. The van der Waals surface area contributed by atoms with E-state index in [1.807, 2.05) is 22.4 Å². The van der Waals surface area contributed by atoms with Gasteiger partial charge in [-0.3, -0.25) is 0 Å². The van der Waals surface area contributed by atoms with E-state index in [4.69, 9.17) is 4.74 Å². The van der Waals surface area contributed by atoms with E-state index in [1.165, 1.54) is 25.7 Å². The fourth-order valence-corrected chi connectivity index (χ4v) is 4.60. The highest BCUT2D eigenvalue weighted by atomic mass is 32.1. The van der Waals surface area contributed by atoms with Crippen LogP contribution in [0.1, 0.15) is 55.9 Å². The Bertz CT molecular complexity index is 509. The second kappa shape index (κ2) is 9.55. The molecule has 1 aromatic heterocycles. The van der Waals surface area contributed by atoms with Crippen LogP contribution in [0.2, 0.25) is 0 Å². The number of thiophene rings is 1. The molecule has 0 radical (unpaired) electrons. The van der Waals surface area contributed by atoms with Crippen LogP contribution >= 0.6 is 11.3 Å². The van der Waals surface area contributed by atoms with Crippen molar-refractivity contribution < 1.29 is 14.6 Å². The molecule has 1 aliphatic heterocycles. The van der Waals surface area contributed by atoms with Gasteiger partial charge in [-0.2, -0.15) is 0 Å². The van der Waals surface area contributed by atoms with E-state index in [2.05, 4.69) is 5.32 Å². The highest BCUT2D eigenvalue weighted by Crippen LogP contribution is 2.32. The number of hydrogen-bond acceptors (Lipinski definition) is 4. The van der Waals surface area contributed by atoms with Crippen molar-refractivity contribution in [2.75, 3.05) is 26.2 Å². The zero-order chi connectivity index (χ0) is 17.5. The zero-order valence-electron chi connectivity index (χ0n) is 14.9. The van der Waals surface area contributed by atoms with Crippen molar-refractivity contribution in [3.8, 4) is 0 Å². The largest absolute Gasteiger partial charge is 0.387 e. The SMILES string of the molecule is O=C(NCCCOC1CCCC1)N1CCC([C@@H](O)c2cccs2)CC1. The smallest absolute Gasteiger partial charge is 0.317 e. The monoisotopic (exact) mass is 366 g/mol. The number of nitrogens with zero attached hydrogens (tertiary/aromatic N) is 1. The van der Waals surface area contributed by atoms with Crippen LogP contribution in [-0.2, 0) is 4.74 Å². The number of urea groups is 1. The Hall–Kier alpha value is -1.11. The molecular formula is C19H30N2O3S. The minimum atomic E-state index is -0.391. The van der Waals surface area contributed by atoms with E-state index in [0.29, 0.717) is 12.6 Å². The minimum Gasteiger partial charge on any atom is -0.387 e. The third-order valence-corrected chi connectivity index (χ3v) is 6.30. The van der Waals surface area contributed by atoms with Crippen molar-refractivity contribution in [3.05, 3.63) is 22.4 Å². The predicted octanol–water partition coefficient (Wildman–Crippen LogP) is 3.55. The van der Waals surface area contributed by atoms with Gasteiger partial charge < -0.3 is 20.1 Å². The molecule has 2 N–H and O–H groups in total. The maximum atomic E-state index is 12.2. The average molecular weight is 367 g/mol. The van der Waals surface area contributed by atoms with Gasteiger partial charge in [-0.15, -0.1) is 11.3 Å². The molecule has 2 amide bonds. The summed E-state index contributed by atoms with van der Waals surface area (Å²) in [4.78, 5) is 15.1. The van der Waals surface area contributed by atoms with Gasteiger partial charge in [0.1, 0.15) is 0 Å². The number of aliphatic hydroxyl groups excluding tert-OH is 1. The van der Waals surface area contributed by atoms with Crippen LogP contribution in [-0.4, -0.2) is 48.4 Å². The van der Waals surface area contributed by atoms with Crippen LogP contribution < -0.4 is 5.32 Å². The number of hydrogen-bond donors (Lipinski definition) is 2. The van der Waals surface area contributed by atoms with Crippen molar-refractivity contribution in [3.63, 3.8) is 0 Å². The molecule has 1 atom stereocenters. The molecule has 140 valence electrons. The van der Waals surface area contributed by atoms with Crippen LogP contribution in [0.15, 0.2) is 17.5 Å². The minimum absolute atomic E-state index is 0.0185. The summed E-state index contributed by atoms with van der Waals surface area (Å²) in [7, 11) is 0. The van der Waals surface area contributed by atoms with Gasteiger partial charge in [0.15, 0.2) is 0 Å². The summed E-state index contributed by atoms with van der Waals surface area (Å²) in [5, 5.41) is 15.4. The second-order valence-corrected chi connectivity index (χ2v) is 8.13. The number of nitrogens with one attached hydrogen (secondary N) is 1. The number of carbonyl (C=O) groups is 1. The van der Waals surface area contributed by atoms with Crippen LogP contribution in [0.3, 0.4) is 0 Å². The fourth-order valence-electron chi connectivity index (χ4n) is 3.79. The third kappa shape index (κ3) is 5.43. The lowest BCUT2D eigenvalue weighted by atomic mass is 9.90. The Balaban J connectivity index is 1.29. The van der Waals surface area contributed by atoms with Crippen LogP contribution in [0.5, 0.6) is 0 Å². The lowest BCUT2D eigenvalue weighted by molar-refractivity contribution is 0.0562. The highest BCUT2D eigenvalue weighted by molar-refractivity contribution is 7.10. The standard InChI is InChI=1S/C19H30N2O3S/c22-18(17-7-3-14-25-17)15-8-11-21(12-9-15)19(23)20-10-4-13-24-16-5-1-2-6-16/h3,7,14-16,18,22H,1-2,4-6,8-13H2,(H,20,23)/t18-/m1/s1. The quantitative estimate of drug-likeness (QED) is 0.726. The highest BCUT2D eigenvalue weighted by Gasteiger charge is 2.28. The van der Waals surface area contributed by atoms with Crippen LogP contribution in [0.4, 0.5) is 4.79 Å². The number of carbonyl (C=O) groups excluding carboxylic acids is 1. The molecule has 0 bridgehead atoms. The summed E-state index contributed by atoms with van der Waals surface area (Å²) in [6, 6.07) is 3.98. The lowest BCUT2D eigenvalue weighted by Gasteiger charge is -2.34. The lowest BCUT2D eigenvalue weighted by Crippen LogP contribution is -2.45. The normalized spacial score (nSPS) is 20.8. The van der Waals surface area contributed by atoms with Crippen molar-refractivity contribution in [1.29, 1.82) is 0 Å². The molecule has 1 saturated heterocycles. The maximum Gasteiger partial charge on any atom is 0.317 e. The topological polar surface area (TPSA) is 61.8 Å². The maximum absolute atomic E-state index is 12.2. The van der Waals surface area contributed by atoms with Gasteiger partial charge in [0.2, 0.25) is 0 Å². The molecule has 1 saturated carbocycles. The average Bonchev–Trinajstić information content (AvgIpc) is 3.34. The number of piperidine rings is 1. The van der Waals surface area contributed by atoms with Gasteiger partial charge in [0.25, 0.3) is 0 Å². The second-order valence-electron chi connectivity index (χ2n) is 7.15. The molecule has 2 aliphatic rings. The number of rotatable bonds is 7. The van der Waals surface area contributed by atoms with E-state index in [-0.39, 0.29) is 11.9 Å². The molecule has 1 aliphatic carbocycles. The van der Waals surface area contributed by atoms with Gasteiger partial charge in [-0.25, -0.2) is 4.79 Å². The van der Waals surface area contributed by atoms with Gasteiger partial charge in [-0.1, -0.05) is 18.9 Å². The van der Waals surface area contributed by atoms with Crippen molar-refractivity contribution in [1.82, 2.24) is 10.2 Å². The number of amides is 2. The summed E-state index contributed by atoms with van der Waals surface area (Å²) in [5.41, 5.74) is 0. The molecule has 6 heteroatoms. The van der Waals surface area contributed by atoms with Gasteiger partial charge >= 0.3 is 6.03 Å². The van der Waals surface area contributed by atoms with E-state index >= 15 is 0 Å². The van der Waals surface area contributed by atoms with Crippen molar-refractivity contribution in [2.45, 2.75) is 57.2 Å². The Morgan fingerprint density at radius 2 is 2.08 bits per heavy atom. The Morgan fingerprint density at radius 3 is 2.76 bits per heavy atom. The molecule has 25 heavy (non-hydrogen) atoms. The number of likely N-dealkylation sites (tertiary alicyclic amines) is 1. The van der Waals surface area contributed by atoms with Crippen molar-refractivity contribution >= 4 is 17.4 Å². The predicted molar refractivity (Wildman–Crippen MR) is 99.8 cm³/mol. The summed E-state index contributed by atoms with van der Waals surface area (Å²) < 4.78 is 5.81. The third-order valence-electron chi connectivity index (χ3n) is 5.36. The molecule has 0 aromatic carbocycles. The summed E-state index contributed by atoms with van der Waals surface area (Å²) in [6.45, 7) is 2.85. The van der Waals surface area contributed by atoms with E-state index < -0.39 is 6.10 Å². The Labute approximate surface area is 154 Å². The first-order valence-corrected chi connectivity index (χ1v) is 10.5. The Morgan fingerprint density at radius 1 is 1.32 bits per heavy atom. The molecule has 2 fully saturated rings. The van der Waals surface area contributed by atoms with E-state index in [9.17, 15) is 9.90 Å². The van der Waals surface area contributed by atoms with Crippen LogP contribution in [0, 0.1) is 5.92 Å². The molecule has 5 nitrogen and oxygen atoms in total. The summed E-state index contributed by atoms with van der Waals surface area (Å²) in [6.07, 6.45) is 7.61. The molecule has 0 spiro atoms. The van der Waals surface area contributed by atoms with Gasteiger partial charge in [-0.05, 0) is 49.5 Å². The molecule has 1 aromatic rings. The van der Waals surface area contributed by atoms with Crippen molar-refractivity contribution in [2.24, 2.45) is 5.92 Å². The summed E-state index contributed by atoms with van der Waals surface area (Å²) >= 11 is 1.60. The first-order valence-electron chi connectivity index (χ1n) is 9.60. The number of aliphatic hydroxyl groups is 1. The van der Waals surface area contributed by atoms with Gasteiger partial charge in [0.05, 0.1) is 12.2 Å². The first-order chi connectivity index (χ1) is 12.2. The van der Waals surface area contributed by atoms with Crippen LogP contribution in [0.25, 0.3) is 0 Å². The molecule has 2 heterocycles. The Kier molecular flexibility index (Phi) is 7.13. The van der Waals surface area contributed by atoms with E-state index in [1.54, 1.807) is 11.3 Å².